The Hall–Kier alpha value is -3.27. The molecule has 0 aliphatic rings. The van der Waals surface area contributed by atoms with Crippen molar-refractivity contribution in [2.24, 2.45) is 0 Å². The molecule has 232 valence electrons. The van der Waals surface area contributed by atoms with Crippen LogP contribution in [0.2, 0.25) is 10.0 Å². The van der Waals surface area contributed by atoms with Crippen LogP contribution in [0.5, 0.6) is 5.75 Å². The minimum Gasteiger partial charge on any atom is -0.497 e. The standard InChI is InChI=1S/C32H39Cl2N3O5S/c1-32(2,3)35-31(39)29(21-23-10-7-6-8-11-23)36(22-24-13-18-27(33)28(34)20-24)30(38)12-9-19-37(43(5,40)41)25-14-16-26(42-4)17-15-25/h6-8,10-11,13-18,20,29H,9,12,19,21-22H2,1-5H3,(H,35,39)/t29-/m0/s1. The number of methoxy groups -OCH3 is 1. The maximum atomic E-state index is 14.0. The number of hydrogen-bond donors (Lipinski definition) is 1. The van der Waals surface area contributed by atoms with Crippen molar-refractivity contribution < 1.29 is 22.7 Å². The van der Waals surface area contributed by atoms with Gasteiger partial charge in [0.1, 0.15) is 11.8 Å². The van der Waals surface area contributed by atoms with Gasteiger partial charge in [0.05, 0.1) is 29.1 Å². The number of ether oxygens (including phenoxy) is 1. The highest BCUT2D eigenvalue weighted by Gasteiger charge is 2.32. The number of nitrogens with zero attached hydrogens (tertiary/aromatic N) is 2. The fourth-order valence-electron chi connectivity index (χ4n) is 4.59. The van der Waals surface area contributed by atoms with Crippen LogP contribution in [0, 0.1) is 0 Å². The van der Waals surface area contributed by atoms with E-state index in [1.807, 2.05) is 51.1 Å². The fraction of sp³-hybridized carbons (Fsp3) is 0.375. The van der Waals surface area contributed by atoms with Crippen LogP contribution in [-0.2, 0) is 32.6 Å². The van der Waals surface area contributed by atoms with Crippen LogP contribution in [0.25, 0.3) is 0 Å². The molecule has 0 bridgehead atoms. The largest absolute Gasteiger partial charge is 0.497 e. The van der Waals surface area contributed by atoms with E-state index in [4.69, 9.17) is 27.9 Å². The van der Waals surface area contributed by atoms with E-state index in [0.29, 0.717) is 27.0 Å². The molecular formula is C32H39Cl2N3O5S. The third-order valence-electron chi connectivity index (χ3n) is 6.62. The van der Waals surface area contributed by atoms with Gasteiger partial charge >= 0.3 is 0 Å². The van der Waals surface area contributed by atoms with Gasteiger partial charge in [-0.1, -0.05) is 59.6 Å². The number of amides is 2. The lowest BCUT2D eigenvalue weighted by Gasteiger charge is -2.34. The van der Waals surface area contributed by atoms with E-state index < -0.39 is 21.6 Å². The van der Waals surface area contributed by atoms with Gasteiger partial charge in [0, 0.05) is 31.5 Å². The number of carbonyl (C=O) groups excluding carboxylic acids is 2. The van der Waals surface area contributed by atoms with Gasteiger partial charge in [0.2, 0.25) is 21.8 Å². The third-order valence-corrected chi connectivity index (χ3v) is 8.55. The molecule has 0 heterocycles. The van der Waals surface area contributed by atoms with E-state index in [-0.39, 0.29) is 44.2 Å². The Balaban J connectivity index is 1.91. The lowest BCUT2D eigenvalue weighted by Crippen LogP contribution is -2.54. The molecule has 43 heavy (non-hydrogen) atoms. The zero-order chi connectivity index (χ0) is 31.8. The molecule has 0 spiro atoms. The second kappa shape index (κ2) is 14.9. The molecular weight excluding hydrogens is 609 g/mol. The molecule has 3 rings (SSSR count). The molecule has 1 atom stereocenters. The number of hydrogen-bond acceptors (Lipinski definition) is 5. The number of sulfonamides is 1. The molecule has 0 aromatic heterocycles. The predicted octanol–water partition coefficient (Wildman–Crippen LogP) is 6.10. The monoisotopic (exact) mass is 647 g/mol. The average molecular weight is 649 g/mol. The molecule has 0 saturated carbocycles. The highest BCUT2D eigenvalue weighted by atomic mass is 35.5. The van der Waals surface area contributed by atoms with Crippen LogP contribution in [0.1, 0.15) is 44.7 Å². The Bertz CT molecular complexity index is 1490. The molecule has 11 heteroatoms. The van der Waals surface area contributed by atoms with Gasteiger partial charge in [-0.05, 0) is 74.7 Å². The summed E-state index contributed by atoms with van der Waals surface area (Å²) in [5.41, 5.74) is 1.54. The minimum absolute atomic E-state index is 0.0115. The summed E-state index contributed by atoms with van der Waals surface area (Å²) >= 11 is 12.4. The van der Waals surface area contributed by atoms with Crippen LogP contribution >= 0.6 is 23.2 Å². The van der Waals surface area contributed by atoms with Crippen molar-refractivity contribution in [3.63, 3.8) is 0 Å². The van der Waals surface area contributed by atoms with Gasteiger partial charge in [-0.15, -0.1) is 0 Å². The van der Waals surface area contributed by atoms with E-state index in [1.54, 1.807) is 47.4 Å². The summed E-state index contributed by atoms with van der Waals surface area (Å²) in [5.74, 6) is 0.0170. The number of anilines is 1. The molecule has 0 saturated heterocycles. The van der Waals surface area contributed by atoms with Crippen LogP contribution in [0.3, 0.4) is 0 Å². The molecule has 1 N–H and O–H groups in total. The van der Waals surface area contributed by atoms with Crippen molar-refractivity contribution in [1.82, 2.24) is 10.2 Å². The maximum Gasteiger partial charge on any atom is 0.243 e. The van der Waals surface area contributed by atoms with Gasteiger partial charge in [-0.2, -0.15) is 0 Å². The van der Waals surface area contributed by atoms with Gasteiger partial charge in [0.15, 0.2) is 0 Å². The lowest BCUT2D eigenvalue weighted by atomic mass is 10.00. The van der Waals surface area contributed by atoms with E-state index in [1.165, 1.54) is 11.4 Å². The van der Waals surface area contributed by atoms with Crippen LogP contribution in [0.4, 0.5) is 5.69 Å². The summed E-state index contributed by atoms with van der Waals surface area (Å²) < 4.78 is 31.8. The van der Waals surface area contributed by atoms with Gasteiger partial charge in [-0.3, -0.25) is 13.9 Å². The fourth-order valence-corrected chi connectivity index (χ4v) is 5.88. The molecule has 0 aliphatic heterocycles. The second-order valence-corrected chi connectivity index (χ2v) is 14.1. The minimum atomic E-state index is -3.63. The van der Waals surface area contributed by atoms with E-state index >= 15 is 0 Å². The SMILES string of the molecule is COc1ccc(N(CCCC(=O)N(Cc2ccc(Cl)c(Cl)c2)[C@@H](Cc2ccccc2)C(=O)NC(C)(C)C)S(C)(=O)=O)cc1. The van der Waals surface area contributed by atoms with Gasteiger partial charge < -0.3 is 15.0 Å². The summed E-state index contributed by atoms with van der Waals surface area (Å²) in [5, 5.41) is 3.75. The average Bonchev–Trinajstić information content (AvgIpc) is 2.94. The first-order chi connectivity index (χ1) is 20.2. The summed E-state index contributed by atoms with van der Waals surface area (Å²) in [6.45, 7) is 5.84. The summed E-state index contributed by atoms with van der Waals surface area (Å²) in [7, 11) is -2.09. The number of nitrogens with one attached hydrogen (secondary N) is 1. The molecule has 8 nitrogen and oxygen atoms in total. The van der Waals surface area contributed by atoms with Gasteiger partial charge in [-0.25, -0.2) is 8.42 Å². The van der Waals surface area contributed by atoms with Crippen LogP contribution in [0.15, 0.2) is 72.8 Å². The molecule has 0 fully saturated rings. The van der Waals surface area contributed by atoms with E-state index in [0.717, 1.165) is 11.8 Å². The molecule has 2 amide bonds. The quantitative estimate of drug-likeness (QED) is 0.242. The van der Waals surface area contributed by atoms with Crippen molar-refractivity contribution in [3.8, 4) is 5.75 Å². The topological polar surface area (TPSA) is 96.0 Å². The van der Waals surface area contributed by atoms with E-state index in [9.17, 15) is 18.0 Å². The van der Waals surface area contributed by atoms with Crippen molar-refractivity contribution in [3.05, 3.63) is 94.0 Å². The van der Waals surface area contributed by atoms with Crippen molar-refractivity contribution >= 4 is 50.7 Å². The Labute approximate surface area is 265 Å². The summed E-state index contributed by atoms with van der Waals surface area (Å²) in [4.78, 5) is 29.2. The second-order valence-electron chi connectivity index (χ2n) is 11.4. The Kier molecular flexibility index (Phi) is 11.9. The maximum absolute atomic E-state index is 14.0. The first kappa shape index (κ1) is 34.2. The van der Waals surface area contributed by atoms with Crippen LogP contribution in [-0.4, -0.2) is 56.6 Å². The zero-order valence-electron chi connectivity index (χ0n) is 25.1. The van der Waals surface area contributed by atoms with E-state index in [2.05, 4.69) is 5.32 Å². The molecule has 0 aliphatic carbocycles. The third kappa shape index (κ3) is 10.4. The first-order valence-electron chi connectivity index (χ1n) is 13.9. The van der Waals surface area contributed by atoms with Gasteiger partial charge in [0.25, 0.3) is 0 Å². The molecule has 0 unspecified atom stereocenters. The molecule has 0 radical (unpaired) electrons. The first-order valence-corrected chi connectivity index (χ1v) is 16.5. The lowest BCUT2D eigenvalue weighted by molar-refractivity contribution is -0.142. The summed E-state index contributed by atoms with van der Waals surface area (Å²) in [6, 6.07) is 20.4. The highest BCUT2D eigenvalue weighted by molar-refractivity contribution is 7.92. The zero-order valence-corrected chi connectivity index (χ0v) is 27.5. The predicted molar refractivity (Wildman–Crippen MR) is 173 cm³/mol. The molecule has 3 aromatic rings. The van der Waals surface area contributed by atoms with Crippen LogP contribution < -0.4 is 14.4 Å². The summed E-state index contributed by atoms with van der Waals surface area (Å²) in [6.07, 6.45) is 1.66. The smallest absolute Gasteiger partial charge is 0.243 e. The van der Waals surface area contributed by atoms with Crippen molar-refractivity contribution in [2.75, 3.05) is 24.2 Å². The Morgan fingerprint density at radius 3 is 2.14 bits per heavy atom. The van der Waals surface area contributed by atoms with Crippen molar-refractivity contribution in [1.29, 1.82) is 0 Å². The number of rotatable bonds is 13. The normalized spacial score (nSPS) is 12.3. The molecule has 3 aromatic carbocycles. The number of benzene rings is 3. The van der Waals surface area contributed by atoms with Crippen molar-refractivity contribution in [2.45, 2.75) is 58.2 Å². The number of carbonyl (C=O) groups is 2. The Morgan fingerprint density at radius 2 is 1.58 bits per heavy atom. The Morgan fingerprint density at radius 1 is 0.930 bits per heavy atom. The number of halogens is 2. The highest BCUT2D eigenvalue weighted by Crippen LogP contribution is 2.26.